The van der Waals surface area contributed by atoms with E-state index in [0.29, 0.717) is 0 Å². The number of hydrogen-bond donors (Lipinski definition) is 1. The summed E-state index contributed by atoms with van der Waals surface area (Å²) in [4.78, 5) is 3.18. The first kappa shape index (κ1) is 8.65. The van der Waals surface area contributed by atoms with E-state index >= 15 is 0 Å². The molecule has 1 nitrogen and oxygen atoms in total. The SMILES string of the molecule is CC#Cc1ccccc1-c1ccc[nH]1. The molecule has 68 valence electrons. The highest BCUT2D eigenvalue weighted by molar-refractivity contribution is 5.68. The number of aromatic amines is 1. The van der Waals surface area contributed by atoms with Crippen molar-refractivity contribution in [3.8, 4) is 23.1 Å². The van der Waals surface area contributed by atoms with Crippen molar-refractivity contribution < 1.29 is 0 Å². The van der Waals surface area contributed by atoms with Crippen molar-refractivity contribution >= 4 is 0 Å². The summed E-state index contributed by atoms with van der Waals surface area (Å²) in [5.41, 5.74) is 3.34. The van der Waals surface area contributed by atoms with Crippen LogP contribution < -0.4 is 0 Å². The van der Waals surface area contributed by atoms with Gasteiger partial charge in [0.1, 0.15) is 0 Å². The normalized spacial score (nSPS) is 9.21. The standard InChI is InChI=1S/C13H11N/c1-2-6-11-7-3-4-8-12(11)13-9-5-10-14-13/h3-5,7-10,14H,1H3. The molecule has 0 aliphatic heterocycles. The van der Waals surface area contributed by atoms with E-state index in [1.165, 1.54) is 0 Å². The van der Waals surface area contributed by atoms with Gasteiger partial charge in [-0.1, -0.05) is 24.1 Å². The molecule has 1 heterocycles. The zero-order valence-corrected chi connectivity index (χ0v) is 8.04. The average molecular weight is 181 g/mol. The lowest BCUT2D eigenvalue weighted by Gasteiger charge is -2.00. The maximum atomic E-state index is 3.18. The number of benzene rings is 1. The van der Waals surface area contributed by atoms with Gasteiger partial charge in [-0.25, -0.2) is 0 Å². The zero-order valence-electron chi connectivity index (χ0n) is 8.04. The molecule has 0 saturated carbocycles. The number of aromatic nitrogens is 1. The van der Waals surface area contributed by atoms with Crippen LogP contribution in [0, 0.1) is 11.8 Å². The second-order valence-electron chi connectivity index (χ2n) is 3.00. The van der Waals surface area contributed by atoms with E-state index in [1.807, 2.05) is 37.4 Å². The van der Waals surface area contributed by atoms with Gasteiger partial charge in [-0.05, 0) is 25.1 Å². The van der Waals surface area contributed by atoms with Crippen molar-refractivity contribution in [3.63, 3.8) is 0 Å². The van der Waals surface area contributed by atoms with Crippen molar-refractivity contribution in [2.75, 3.05) is 0 Å². The summed E-state index contributed by atoms with van der Waals surface area (Å²) in [6.07, 6.45) is 1.92. The molecule has 1 heteroatoms. The summed E-state index contributed by atoms with van der Waals surface area (Å²) in [6.45, 7) is 1.85. The summed E-state index contributed by atoms with van der Waals surface area (Å²) < 4.78 is 0. The Labute approximate surface area is 83.8 Å². The first-order valence-electron chi connectivity index (χ1n) is 4.57. The lowest BCUT2D eigenvalue weighted by atomic mass is 10.1. The molecule has 0 unspecified atom stereocenters. The lowest BCUT2D eigenvalue weighted by molar-refractivity contribution is 1.39. The van der Waals surface area contributed by atoms with Crippen molar-refractivity contribution in [3.05, 3.63) is 48.2 Å². The Bertz CT molecular complexity index is 469. The van der Waals surface area contributed by atoms with Gasteiger partial charge in [0.25, 0.3) is 0 Å². The molecule has 0 atom stereocenters. The Kier molecular flexibility index (Phi) is 2.38. The van der Waals surface area contributed by atoms with Crippen molar-refractivity contribution in [2.45, 2.75) is 6.92 Å². The van der Waals surface area contributed by atoms with Crippen LogP contribution in [0.2, 0.25) is 0 Å². The summed E-state index contributed by atoms with van der Waals surface area (Å²) in [7, 11) is 0. The molecule has 2 rings (SSSR count). The molecule has 1 aromatic heterocycles. The third-order valence-electron chi connectivity index (χ3n) is 2.07. The Morgan fingerprint density at radius 1 is 1.07 bits per heavy atom. The van der Waals surface area contributed by atoms with Gasteiger partial charge in [-0.2, -0.15) is 0 Å². The average Bonchev–Trinajstić information content (AvgIpc) is 2.72. The zero-order chi connectivity index (χ0) is 9.80. The molecule has 0 radical (unpaired) electrons. The van der Waals surface area contributed by atoms with E-state index in [9.17, 15) is 0 Å². The summed E-state index contributed by atoms with van der Waals surface area (Å²) >= 11 is 0. The van der Waals surface area contributed by atoms with Crippen molar-refractivity contribution in [2.24, 2.45) is 0 Å². The van der Waals surface area contributed by atoms with Crippen LogP contribution in [0.25, 0.3) is 11.3 Å². The fourth-order valence-corrected chi connectivity index (χ4v) is 1.46. The quantitative estimate of drug-likeness (QED) is 0.651. The molecule has 2 aromatic rings. The van der Waals surface area contributed by atoms with Gasteiger partial charge in [0.2, 0.25) is 0 Å². The van der Waals surface area contributed by atoms with E-state index in [-0.39, 0.29) is 0 Å². The third kappa shape index (κ3) is 1.55. The van der Waals surface area contributed by atoms with Crippen LogP contribution in [-0.4, -0.2) is 4.98 Å². The third-order valence-corrected chi connectivity index (χ3v) is 2.07. The van der Waals surface area contributed by atoms with Crippen LogP contribution in [0.1, 0.15) is 12.5 Å². The maximum Gasteiger partial charge on any atom is 0.0466 e. The van der Waals surface area contributed by atoms with E-state index in [1.54, 1.807) is 0 Å². The molecule has 0 saturated heterocycles. The summed E-state index contributed by atoms with van der Waals surface area (Å²) in [5, 5.41) is 0. The predicted octanol–water partition coefficient (Wildman–Crippen LogP) is 3.05. The van der Waals surface area contributed by atoms with Gasteiger partial charge in [0.15, 0.2) is 0 Å². The lowest BCUT2D eigenvalue weighted by Crippen LogP contribution is -1.82. The first-order valence-corrected chi connectivity index (χ1v) is 4.57. The molecular weight excluding hydrogens is 170 g/mol. The highest BCUT2D eigenvalue weighted by Crippen LogP contribution is 2.20. The predicted molar refractivity (Wildman–Crippen MR) is 58.8 cm³/mol. The summed E-state index contributed by atoms with van der Waals surface area (Å²) in [6, 6.07) is 12.2. The fraction of sp³-hybridized carbons (Fsp3) is 0.0769. The topological polar surface area (TPSA) is 15.8 Å². The van der Waals surface area contributed by atoms with Gasteiger partial charge in [-0.3, -0.25) is 0 Å². The second kappa shape index (κ2) is 3.85. The minimum atomic E-state index is 1.07. The molecule has 1 N–H and O–H groups in total. The number of H-pyrrole nitrogens is 1. The molecule has 0 aliphatic rings. The minimum Gasteiger partial charge on any atom is -0.361 e. The molecule has 0 bridgehead atoms. The highest BCUT2D eigenvalue weighted by Gasteiger charge is 2.01. The summed E-state index contributed by atoms with van der Waals surface area (Å²) in [5.74, 6) is 6.02. The van der Waals surface area contributed by atoms with Crippen LogP contribution in [0.4, 0.5) is 0 Å². The Balaban J connectivity index is 2.56. The van der Waals surface area contributed by atoms with Crippen LogP contribution in [0.5, 0.6) is 0 Å². The number of nitrogens with one attached hydrogen (secondary N) is 1. The largest absolute Gasteiger partial charge is 0.361 e. The Hall–Kier alpha value is -1.94. The molecule has 0 aliphatic carbocycles. The molecule has 0 fully saturated rings. The smallest absolute Gasteiger partial charge is 0.0466 e. The molecule has 0 amide bonds. The van der Waals surface area contributed by atoms with Crippen molar-refractivity contribution in [1.82, 2.24) is 4.98 Å². The van der Waals surface area contributed by atoms with Crippen LogP contribution in [-0.2, 0) is 0 Å². The van der Waals surface area contributed by atoms with Crippen molar-refractivity contribution in [1.29, 1.82) is 0 Å². The van der Waals surface area contributed by atoms with Gasteiger partial charge in [0, 0.05) is 23.0 Å². The van der Waals surface area contributed by atoms with Crippen LogP contribution in [0.3, 0.4) is 0 Å². The van der Waals surface area contributed by atoms with Gasteiger partial charge >= 0.3 is 0 Å². The van der Waals surface area contributed by atoms with Crippen LogP contribution >= 0.6 is 0 Å². The minimum absolute atomic E-state index is 1.07. The maximum absolute atomic E-state index is 3.18. The van der Waals surface area contributed by atoms with E-state index in [0.717, 1.165) is 16.8 Å². The van der Waals surface area contributed by atoms with Gasteiger partial charge in [-0.15, -0.1) is 5.92 Å². The molecule has 1 aromatic carbocycles. The Morgan fingerprint density at radius 2 is 1.93 bits per heavy atom. The monoisotopic (exact) mass is 181 g/mol. The van der Waals surface area contributed by atoms with Gasteiger partial charge < -0.3 is 4.98 Å². The van der Waals surface area contributed by atoms with E-state index in [2.05, 4.69) is 29.0 Å². The van der Waals surface area contributed by atoms with Crippen LogP contribution in [0.15, 0.2) is 42.6 Å². The first-order chi connectivity index (χ1) is 6.92. The second-order valence-corrected chi connectivity index (χ2v) is 3.00. The molecular formula is C13H11N. The van der Waals surface area contributed by atoms with E-state index < -0.39 is 0 Å². The number of hydrogen-bond acceptors (Lipinski definition) is 0. The highest BCUT2D eigenvalue weighted by atomic mass is 14.7. The van der Waals surface area contributed by atoms with Gasteiger partial charge in [0.05, 0.1) is 0 Å². The Morgan fingerprint density at radius 3 is 2.64 bits per heavy atom. The number of rotatable bonds is 1. The molecule has 0 spiro atoms. The van der Waals surface area contributed by atoms with E-state index in [4.69, 9.17) is 0 Å². The fourth-order valence-electron chi connectivity index (χ4n) is 1.46. The molecule has 14 heavy (non-hydrogen) atoms.